The van der Waals surface area contributed by atoms with Gasteiger partial charge in [0.2, 0.25) is 0 Å². The molecule has 0 spiro atoms. The molecule has 1 aliphatic carbocycles. The van der Waals surface area contributed by atoms with E-state index in [2.05, 4.69) is 20.6 Å². The SMILES string of the molecule is CC1CC(F)(F)CN1C(=O)c1nc(C(=O)NC(C)C(C)(C)O)sc1-c1cnc(NC(C2CC2)C(F)(F)F)cc1C(F)F. The molecule has 1 aliphatic heterocycles. The zero-order chi connectivity index (χ0) is 31.4. The Morgan fingerprint density at radius 1 is 1.21 bits per heavy atom. The normalized spacial score (nSPS) is 20.5. The summed E-state index contributed by atoms with van der Waals surface area (Å²) in [7, 11) is 0. The third-order valence-electron chi connectivity index (χ3n) is 7.39. The van der Waals surface area contributed by atoms with Crippen molar-refractivity contribution in [3.05, 3.63) is 28.5 Å². The number of halogens is 7. The third kappa shape index (κ3) is 6.96. The standard InChI is InChI=1S/C26H30F7N5O3S/c1-11-8-25(29,30)10-38(11)23(40)17-18(42-22(37-17)21(39)35-12(2)24(3,4)41)15-9-34-16(7-14(15)20(27)28)36-19(13-5-6-13)26(31,32)33/h7,9,11-13,19-20,41H,5-6,8,10H2,1-4H3,(H,34,36)(H,35,39). The predicted molar refractivity (Wildman–Crippen MR) is 140 cm³/mol. The summed E-state index contributed by atoms with van der Waals surface area (Å²) in [6.45, 7) is 4.78. The predicted octanol–water partition coefficient (Wildman–Crippen LogP) is 5.65. The first-order chi connectivity index (χ1) is 19.3. The minimum Gasteiger partial charge on any atom is -0.388 e. The van der Waals surface area contributed by atoms with Crippen molar-refractivity contribution >= 4 is 29.0 Å². The van der Waals surface area contributed by atoms with Crippen LogP contribution in [0.4, 0.5) is 36.6 Å². The summed E-state index contributed by atoms with van der Waals surface area (Å²) < 4.78 is 97.4. The Bertz CT molecular complexity index is 1340. The van der Waals surface area contributed by atoms with Crippen LogP contribution in [0.5, 0.6) is 0 Å². The second kappa shape index (κ2) is 11.2. The van der Waals surface area contributed by atoms with Gasteiger partial charge >= 0.3 is 6.18 Å². The number of aliphatic hydroxyl groups is 1. The molecule has 8 nitrogen and oxygen atoms in total. The smallest absolute Gasteiger partial charge is 0.388 e. The Balaban J connectivity index is 1.77. The molecule has 3 atom stereocenters. The Labute approximate surface area is 240 Å². The van der Waals surface area contributed by atoms with Gasteiger partial charge < -0.3 is 20.6 Å². The van der Waals surface area contributed by atoms with Crippen molar-refractivity contribution in [2.45, 2.75) is 89.2 Å². The maximum absolute atomic E-state index is 14.3. The summed E-state index contributed by atoms with van der Waals surface area (Å²) in [5, 5.41) is 14.5. The number of nitrogens with one attached hydrogen (secondary N) is 2. The van der Waals surface area contributed by atoms with Gasteiger partial charge in [-0.1, -0.05) is 0 Å². The monoisotopic (exact) mass is 625 g/mol. The van der Waals surface area contributed by atoms with Gasteiger partial charge in [0.05, 0.1) is 23.1 Å². The Kier molecular flexibility index (Phi) is 8.54. The van der Waals surface area contributed by atoms with E-state index in [1.807, 2.05) is 0 Å². The number of hydrogen-bond donors (Lipinski definition) is 3. The first kappa shape index (κ1) is 31.9. The van der Waals surface area contributed by atoms with Crippen molar-refractivity contribution in [2.24, 2.45) is 5.92 Å². The van der Waals surface area contributed by atoms with Crippen molar-refractivity contribution in [3.63, 3.8) is 0 Å². The minimum absolute atomic E-state index is 0.285. The van der Waals surface area contributed by atoms with Crippen molar-refractivity contribution in [1.82, 2.24) is 20.2 Å². The average molecular weight is 626 g/mol. The number of anilines is 1. The second-order valence-corrected chi connectivity index (χ2v) is 12.3. The fourth-order valence-electron chi connectivity index (χ4n) is 4.58. The Morgan fingerprint density at radius 2 is 1.86 bits per heavy atom. The number of carbonyl (C=O) groups is 2. The van der Waals surface area contributed by atoms with Gasteiger partial charge in [0, 0.05) is 29.8 Å². The van der Waals surface area contributed by atoms with Crippen LogP contribution < -0.4 is 10.6 Å². The summed E-state index contributed by atoms with van der Waals surface area (Å²) in [6, 6.07) is -3.01. The van der Waals surface area contributed by atoms with Crippen molar-refractivity contribution in [3.8, 4) is 10.4 Å². The fraction of sp³-hybridized carbons (Fsp3) is 0.615. The quantitative estimate of drug-likeness (QED) is 0.311. The number of carbonyl (C=O) groups excluding carboxylic acids is 2. The van der Waals surface area contributed by atoms with Gasteiger partial charge in [-0.3, -0.25) is 9.59 Å². The van der Waals surface area contributed by atoms with E-state index in [-0.39, 0.29) is 15.4 Å². The highest BCUT2D eigenvalue weighted by molar-refractivity contribution is 7.17. The van der Waals surface area contributed by atoms with Gasteiger partial charge in [0.25, 0.3) is 24.2 Å². The molecule has 3 unspecified atom stereocenters. The summed E-state index contributed by atoms with van der Waals surface area (Å²) in [6.07, 6.45) is -7.07. The van der Waals surface area contributed by atoms with E-state index in [4.69, 9.17) is 0 Å². The molecule has 42 heavy (non-hydrogen) atoms. The largest absolute Gasteiger partial charge is 0.408 e. The van der Waals surface area contributed by atoms with Gasteiger partial charge in [-0.15, -0.1) is 11.3 Å². The summed E-state index contributed by atoms with van der Waals surface area (Å²) in [4.78, 5) is 34.9. The summed E-state index contributed by atoms with van der Waals surface area (Å²) in [5.41, 5.74) is -3.10. The van der Waals surface area contributed by atoms with Gasteiger partial charge in [-0.25, -0.2) is 27.5 Å². The van der Waals surface area contributed by atoms with E-state index in [0.717, 1.165) is 17.2 Å². The molecular formula is C26H30F7N5O3S. The molecule has 0 bridgehead atoms. The van der Waals surface area contributed by atoms with Crippen LogP contribution in [0.25, 0.3) is 10.4 Å². The molecule has 1 saturated heterocycles. The van der Waals surface area contributed by atoms with Crippen LogP contribution in [0.2, 0.25) is 0 Å². The lowest BCUT2D eigenvalue weighted by Crippen LogP contribution is -2.47. The van der Waals surface area contributed by atoms with Crippen LogP contribution >= 0.6 is 11.3 Å². The first-order valence-electron chi connectivity index (χ1n) is 13.1. The summed E-state index contributed by atoms with van der Waals surface area (Å²) >= 11 is 0.519. The molecule has 1 saturated carbocycles. The third-order valence-corrected chi connectivity index (χ3v) is 8.47. The Hall–Kier alpha value is -3.01. The van der Waals surface area contributed by atoms with Crippen molar-refractivity contribution in [2.75, 3.05) is 11.9 Å². The van der Waals surface area contributed by atoms with E-state index in [9.17, 15) is 45.4 Å². The van der Waals surface area contributed by atoms with Crippen LogP contribution in [0, 0.1) is 5.92 Å². The maximum Gasteiger partial charge on any atom is 0.408 e. The number of thiazole rings is 1. The Morgan fingerprint density at radius 3 is 2.36 bits per heavy atom. The van der Waals surface area contributed by atoms with Crippen molar-refractivity contribution < 1.29 is 45.4 Å². The molecule has 16 heteroatoms. The number of amides is 2. The van der Waals surface area contributed by atoms with Gasteiger partial charge in [-0.2, -0.15) is 13.2 Å². The number of alkyl halides is 7. The highest BCUT2D eigenvalue weighted by Gasteiger charge is 2.49. The number of pyridine rings is 1. The number of rotatable bonds is 9. The van der Waals surface area contributed by atoms with E-state index in [1.165, 1.54) is 27.7 Å². The average Bonchev–Trinajstić information content (AvgIpc) is 3.52. The molecule has 2 aromatic rings. The highest BCUT2D eigenvalue weighted by atomic mass is 32.1. The molecule has 2 amide bonds. The minimum atomic E-state index is -4.65. The molecule has 0 aromatic carbocycles. The zero-order valence-electron chi connectivity index (χ0n) is 23.0. The lowest BCUT2D eigenvalue weighted by atomic mass is 10.0. The van der Waals surface area contributed by atoms with E-state index in [0.29, 0.717) is 24.2 Å². The van der Waals surface area contributed by atoms with Gasteiger partial charge in [0.15, 0.2) is 5.01 Å². The van der Waals surface area contributed by atoms with Crippen molar-refractivity contribution in [1.29, 1.82) is 0 Å². The molecule has 3 N–H and O–H groups in total. The van der Waals surface area contributed by atoms with Crippen LogP contribution in [-0.2, 0) is 0 Å². The number of hydrogen-bond acceptors (Lipinski definition) is 7. The molecule has 232 valence electrons. The highest BCUT2D eigenvalue weighted by Crippen LogP contribution is 2.43. The van der Waals surface area contributed by atoms with Gasteiger partial charge in [-0.05, 0) is 52.5 Å². The molecule has 0 radical (unpaired) electrons. The van der Waals surface area contributed by atoms with Crippen LogP contribution in [0.1, 0.15) is 79.2 Å². The number of likely N-dealkylation sites (tertiary alicyclic amines) is 1. The molecular weight excluding hydrogens is 595 g/mol. The van der Waals surface area contributed by atoms with E-state index in [1.54, 1.807) is 0 Å². The lowest BCUT2D eigenvalue weighted by Gasteiger charge is -2.26. The summed E-state index contributed by atoms with van der Waals surface area (Å²) in [5.74, 6) is -6.29. The van der Waals surface area contributed by atoms with Crippen LogP contribution in [0.15, 0.2) is 12.3 Å². The molecule has 4 rings (SSSR count). The van der Waals surface area contributed by atoms with Crippen LogP contribution in [-0.4, -0.2) is 74.2 Å². The molecule has 2 fully saturated rings. The van der Waals surface area contributed by atoms with Gasteiger partial charge in [0.1, 0.15) is 17.6 Å². The zero-order valence-corrected chi connectivity index (χ0v) is 23.8. The van der Waals surface area contributed by atoms with Crippen LogP contribution in [0.3, 0.4) is 0 Å². The molecule has 2 aliphatic rings. The molecule has 2 aromatic heterocycles. The maximum atomic E-state index is 14.3. The lowest BCUT2D eigenvalue weighted by molar-refractivity contribution is -0.146. The van der Waals surface area contributed by atoms with E-state index >= 15 is 0 Å². The first-order valence-corrected chi connectivity index (χ1v) is 13.9. The fourth-order valence-corrected chi connectivity index (χ4v) is 5.57. The topological polar surface area (TPSA) is 107 Å². The van der Waals surface area contributed by atoms with E-state index < -0.39 is 90.0 Å². The number of aromatic nitrogens is 2. The number of nitrogens with zero attached hydrogens (tertiary/aromatic N) is 3. The second-order valence-electron chi connectivity index (χ2n) is 11.3. The molecule has 3 heterocycles.